The first-order valence-electron chi connectivity index (χ1n) is 8.33. The number of amides is 3. The van der Waals surface area contributed by atoms with Crippen molar-refractivity contribution >= 4 is 23.4 Å². The van der Waals surface area contributed by atoms with Crippen molar-refractivity contribution in [1.82, 2.24) is 10.1 Å². The fourth-order valence-corrected chi connectivity index (χ4v) is 2.38. The maximum Gasteiger partial charge on any atom is 0.322 e. The summed E-state index contributed by atoms with van der Waals surface area (Å²) in [5, 5.41) is 9.12. The molecule has 0 saturated carbocycles. The monoisotopic (exact) mass is 344 g/mol. The molecular formula is C18H24N4O3. The molecule has 0 aliphatic carbocycles. The van der Waals surface area contributed by atoms with E-state index in [0.29, 0.717) is 12.4 Å². The molecule has 3 amide bonds. The van der Waals surface area contributed by atoms with Gasteiger partial charge in [-0.15, -0.1) is 0 Å². The van der Waals surface area contributed by atoms with Crippen LogP contribution in [0.2, 0.25) is 0 Å². The highest BCUT2D eigenvalue weighted by atomic mass is 16.5. The Morgan fingerprint density at radius 3 is 2.64 bits per heavy atom. The Bertz CT molecular complexity index is 713. The lowest BCUT2D eigenvalue weighted by Gasteiger charge is -2.23. The second kappa shape index (κ2) is 8.86. The maximum absolute atomic E-state index is 12.6. The highest BCUT2D eigenvalue weighted by molar-refractivity contribution is 5.96. The average molecular weight is 344 g/mol. The average Bonchev–Trinajstić information content (AvgIpc) is 3.06. The van der Waals surface area contributed by atoms with E-state index in [2.05, 4.69) is 20.3 Å². The van der Waals surface area contributed by atoms with Crippen LogP contribution in [0.1, 0.15) is 30.9 Å². The summed E-state index contributed by atoms with van der Waals surface area (Å²) in [6.45, 7) is 6.43. The van der Waals surface area contributed by atoms with Gasteiger partial charge in [-0.1, -0.05) is 36.2 Å². The lowest BCUT2D eigenvalue weighted by Crippen LogP contribution is -2.41. The minimum atomic E-state index is -0.319. The first-order valence-corrected chi connectivity index (χ1v) is 8.33. The normalized spacial score (nSPS) is 10.4. The molecule has 2 aromatic rings. The van der Waals surface area contributed by atoms with Crippen LogP contribution in [0.5, 0.6) is 0 Å². The zero-order valence-electron chi connectivity index (χ0n) is 14.8. The van der Waals surface area contributed by atoms with E-state index in [0.717, 1.165) is 29.7 Å². The second-order valence-electron chi connectivity index (χ2n) is 5.96. The summed E-state index contributed by atoms with van der Waals surface area (Å²) in [4.78, 5) is 26.2. The minimum absolute atomic E-state index is 0.0520. The summed E-state index contributed by atoms with van der Waals surface area (Å²) >= 11 is 0. The van der Waals surface area contributed by atoms with Crippen molar-refractivity contribution in [2.75, 3.05) is 23.7 Å². The molecule has 2 rings (SSSR count). The van der Waals surface area contributed by atoms with Crippen molar-refractivity contribution < 1.29 is 14.1 Å². The predicted octanol–water partition coefficient (Wildman–Crippen LogP) is 3.56. The number of nitrogens with zero attached hydrogens (tertiary/aromatic N) is 2. The van der Waals surface area contributed by atoms with E-state index < -0.39 is 0 Å². The number of unbranched alkanes of at least 4 members (excludes halogenated alkanes) is 1. The van der Waals surface area contributed by atoms with Gasteiger partial charge in [0.1, 0.15) is 12.8 Å². The molecule has 1 aromatic heterocycles. The van der Waals surface area contributed by atoms with Gasteiger partial charge in [-0.25, -0.2) is 4.79 Å². The highest BCUT2D eigenvalue weighted by Crippen LogP contribution is 2.16. The first kappa shape index (κ1) is 18.5. The quantitative estimate of drug-likeness (QED) is 0.804. The third-order valence-electron chi connectivity index (χ3n) is 3.73. The second-order valence-corrected chi connectivity index (χ2v) is 5.96. The Balaban J connectivity index is 2.01. The topological polar surface area (TPSA) is 87.5 Å². The van der Waals surface area contributed by atoms with E-state index in [1.54, 1.807) is 6.07 Å². The van der Waals surface area contributed by atoms with E-state index in [1.807, 2.05) is 39.0 Å². The van der Waals surface area contributed by atoms with Gasteiger partial charge in [0.05, 0.1) is 0 Å². The smallest absolute Gasteiger partial charge is 0.322 e. The Morgan fingerprint density at radius 1 is 1.20 bits per heavy atom. The van der Waals surface area contributed by atoms with Crippen molar-refractivity contribution in [3.8, 4) is 0 Å². The lowest BCUT2D eigenvalue weighted by molar-refractivity contribution is -0.116. The van der Waals surface area contributed by atoms with E-state index in [4.69, 9.17) is 0 Å². The number of urea groups is 1. The number of anilines is 2. The largest absolute Gasteiger partial charge is 0.363 e. The zero-order chi connectivity index (χ0) is 18.2. The van der Waals surface area contributed by atoms with Crippen LogP contribution in [0.15, 0.2) is 35.1 Å². The van der Waals surface area contributed by atoms with Crippen LogP contribution in [0.4, 0.5) is 16.3 Å². The molecule has 0 radical (unpaired) electrons. The van der Waals surface area contributed by atoms with Crippen LogP contribution in [0.3, 0.4) is 0 Å². The number of hydrogen-bond acceptors (Lipinski definition) is 4. The molecule has 1 aromatic carbocycles. The van der Waals surface area contributed by atoms with Crippen molar-refractivity contribution in [3.05, 3.63) is 41.7 Å². The Hall–Kier alpha value is -2.83. The molecule has 0 spiro atoms. The SMILES string of the molecule is CCCCN(CC(=O)Nc1ccon1)C(=O)Nc1ccc(C)cc1C. The van der Waals surface area contributed by atoms with Gasteiger partial charge in [0.2, 0.25) is 5.91 Å². The molecule has 0 unspecified atom stereocenters. The molecule has 0 bridgehead atoms. The van der Waals surface area contributed by atoms with Gasteiger partial charge in [-0.3, -0.25) is 4.79 Å². The van der Waals surface area contributed by atoms with Crippen LogP contribution in [0, 0.1) is 13.8 Å². The van der Waals surface area contributed by atoms with Gasteiger partial charge in [0.15, 0.2) is 5.82 Å². The number of aromatic nitrogens is 1. The summed E-state index contributed by atoms with van der Waals surface area (Å²) in [6, 6.07) is 7.07. The summed E-state index contributed by atoms with van der Waals surface area (Å²) in [5.74, 6) is 0.0102. The van der Waals surface area contributed by atoms with Crippen LogP contribution in [-0.2, 0) is 4.79 Å². The molecule has 1 heterocycles. The van der Waals surface area contributed by atoms with Crippen LogP contribution < -0.4 is 10.6 Å². The summed E-state index contributed by atoms with van der Waals surface area (Å²) < 4.78 is 4.68. The summed E-state index contributed by atoms with van der Waals surface area (Å²) in [7, 11) is 0. The van der Waals surface area contributed by atoms with Gasteiger partial charge >= 0.3 is 6.03 Å². The number of benzene rings is 1. The van der Waals surface area contributed by atoms with Crippen molar-refractivity contribution in [2.45, 2.75) is 33.6 Å². The molecular weight excluding hydrogens is 320 g/mol. The van der Waals surface area contributed by atoms with E-state index in [-0.39, 0.29) is 18.5 Å². The molecule has 7 nitrogen and oxygen atoms in total. The number of hydrogen-bond donors (Lipinski definition) is 2. The van der Waals surface area contributed by atoms with Crippen molar-refractivity contribution in [1.29, 1.82) is 0 Å². The number of carbonyl (C=O) groups excluding carboxylic acids is 2. The van der Waals surface area contributed by atoms with Gasteiger partial charge in [-0.2, -0.15) is 0 Å². The Morgan fingerprint density at radius 2 is 2.00 bits per heavy atom. The molecule has 0 fully saturated rings. The van der Waals surface area contributed by atoms with E-state index >= 15 is 0 Å². The third kappa shape index (κ3) is 5.63. The standard InChI is InChI=1S/C18H24N4O3/c1-4-5-9-22(12-17(23)20-16-8-10-25-21-16)18(24)19-15-7-6-13(2)11-14(15)3/h6-8,10-11H,4-5,9,12H2,1-3H3,(H,19,24)(H,20,21,23). The fourth-order valence-electron chi connectivity index (χ4n) is 2.38. The van der Waals surface area contributed by atoms with E-state index in [9.17, 15) is 9.59 Å². The lowest BCUT2D eigenvalue weighted by atomic mass is 10.1. The zero-order valence-corrected chi connectivity index (χ0v) is 14.8. The molecule has 25 heavy (non-hydrogen) atoms. The first-order chi connectivity index (χ1) is 12.0. The highest BCUT2D eigenvalue weighted by Gasteiger charge is 2.18. The van der Waals surface area contributed by atoms with Crippen LogP contribution >= 0.6 is 0 Å². The molecule has 7 heteroatoms. The molecule has 0 aliphatic rings. The third-order valence-corrected chi connectivity index (χ3v) is 3.73. The van der Waals surface area contributed by atoms with Gasteiger partial charge < -0.3 is 20.1 Å². The molecule has 0 saturated heterocycles. The summed E-state index contributed by atoms with van der Waals surface area (Å²) in [6.07, 6.45) is 3.12. The van der Waals surface area contributed by atoms with Crippen LogP contribution in [0.25, 0.3) is 0 Å². The van der Waals surface area contributed by atoms with Gasteiger partial charge in [-0.05, 0) is 31.9 Å². The van der Waals surface area contributed by atoms with Crippen molar-refractivity contribution in [3.63, 3.8) is 0 Å². The molecule has 2 N–H and O–H groups in total. The number of aryl methyl sites for hydroxylation is 2. The number of rotatable bonds is 7. The maximum atomic E-state index is 12.6. The fraction of sp³-hybridized carbons (Fsp3) is 0.389. The van der Waals surface area contributed by atoms with Gasteiger partial charge in [0.25, 0.3) is 0 Å². The number of carbonyl (C=O) groups is 2. The van der Waals surface area contributed by atoms with E-state index in [1.165, 1.54) is 11.2 Å². The Kier molecular flexibility index (Phi) is 6.56. The molecule has 0 atom stereocenters. The van der Waals surface area contributed by atoms with Crippen LogP contribution in [-0.4, -0.2) is 35.1 Å². The molecule has 134 valence electrons. The predicted molar refractivity (Wildman–Crippen MR) is 96.5 cm³/mol. The summed E-state index contributed by atoms with van der Waals surface area (Å²) in [5.41, 5.74) is 2.86. The van der Waals surface area contributed by atoms with Crippen molar-refractivity contribution in [2.24, 2.45) is 0 Å². The Labute approximate surface area is 147 Å². The van der Waals surface area contributed by atoms with Gasteiger partial charge in [0, 0.05) is 18.3 Å². The number of nitrogens with one attached hydrogen (secondary N) is 2. The molecule has 0 aliphatic heterocycles. The minimum Gasteiger partial charge on any atom is -0.363 e.